The summed E-state index contributed by atoms with van der Waals surface area (Å²) in [6.07, 6.45) is 1.89. The summed E-state index contributed by atoms with van der Waals surface area (Å²) in [5.74, 6) is 1.11. The van der Waals surface area contributed by atoms with Gasteiger partial charge in [0.25, 0.3) is 0 Å². The van der Waals surface area contributed by atoms with Crippen LogP contribution in [0.2, 0.25) is 5.02 Å². The SMILES string of the molecule is Clc1ccc(C(SCCN2CCN(c3nccs3)CC2)c2ccccc2)cc1. The normalized spacial score (nSPS) is 16.2. The molecule has 0 bridgehead atoms. The zero-order valence-electron chi connectivity index (χ0n) is 15.7. The molecule has 1 aliphatic heterocycles. The maximum absolute atomic E-state index is 6.10. The van der Waals surface area contributed by atoms with E-state index in [1.807, 2.05) is 30.1 Å². The van der Waals surface area contributed by atoms with Crippen LogP contribution in [0.15, 0.2) is 66.2 Å². The van der Waals surface area contributed by atoms with Crippen LogP contribution in [0.1, 0.15) is 16.4 Å². The number of thioether (sulfide) groups is 1. The molecule has 3 nitrogen and oxygen atoms in total. The van der Waals surface area contributed by atoms with Gasteiger partial charge in [-0.3, -0.25) is 4.90 Å². The van der Waals surface area contributed by atoms with Gasteiger partial charge in [0.15, 0.2) is 5.13 Å². The third-order valence-electron chi connectivity index (χ3n) is 5.03. The van der Waals surface area contributed by atoms with Crippen molar-refractivity contribution in [1.29, 1.82) is 0 Å². The second kappa shape index (κ2) is 9.79. The average molecular weight is 430 g/mol. The maximum atomic E-state index is 6.10. The third kappa shape index (κ3) is 5.09. The lowest BCUT2D eigenvalue weighted by molar-refractivity contribution is 0.273. The highest BCUT2D eigenvalue weighted by Crippen LogP contribution is 2.36. The predicted octanol–water partition coefficient (Wildman–Crippen LogP) is 5.44. The Morgan fingerprint density at radius 3 is 2.36 bits per heavy atom. The average Bonchev–Trinajstić information content (AvgIpc) is 3.28. The van der Waals surface area contributed by atoms with Crippen molar-refractivity contribution in [1.82, 2.24) is 9.88 Å². The van der Waals surface area contributed by atoms with Gasteiger partial charge in [-0.25, -0.2) is 4.98 Å². The van der Waals surface area contributed by atoms with Crippen molar-refractivity contribution in [2.45, 2.75) is 5.25 Å². The van der Waals surface area contributed by atoms with Gasteiger partial charge in [-0.15, -0.1) is 23.1 Å². The van der Waals surface area contributed by atoms with E-state index in [-0.39, 0.29) is 0 Å². The fraction of sp³-hybridized carbons (Fsp3) is 0.318. The van der Waals surface area contributed by atoms with Gasteiger partial charge in [0, 0.05) is 55.1 Å². The van der Waals surface area contributed by atoms with Gasteiger partial charge in [0.2, 0.25) is 0 Å². The van der Waals surface area contributed by atoms with Gasteiger partial charge >= 0.3 is 0 Å². The number of hydrogen-bond acceptors (Lipinski definition) is 5. The summed E-state index contributed by atoms with van der Waals surface area (Å²) in [5.41, 5.74) is 2.66. The molecule has 0 aliphatic carbocycles. The van der Waals surface area contributed by atoms with Crippen LogP contribution in [0.4, 0.5) is 5.13 Å². The van der Waals surface area contributed by atoms with Crippen molar-refractivity contribution in [3.8, 4) is 0 Å². The van der Waals surface area contributed by atoms with Crippen LogP contribution in [-0.4, -0.2) is 48.4 Å². The Bertz CT molecular complexity index is 832. The molecule has 1 aliphatic rings. The fourth-order valence-electron chi connectivity index (χ4n) is 3.48. The van der Waals surface area contributed by atoms with E-state index in [9.17, 15) is 0 Å². The second-order valence-corrected chi connectivity index (χ2v) is 9.38. The molecule has 1 atom stereocenters. The molecule has 0 N–H and O–H groups in total. The molecular formula is C22H24ClN3S2. The highest BCUT2D eigenvalue weighted by atomic mass is 35.5. The van der Waals surface area contributed by atoms with Crippen LogP contribution in [0.25, 0.3) is 0 Å². The molecule has 1 fully saturated rings. The quantitative estimate of drug-likeness (QED) is 0.497. The first-order valence-electron chi connectivity index (χ1n) is 9.58. The molecule has 1 aromatic heterocycles. The van der Waals surface area contributed by atoms with Crippen LogP contribution in [0, 0.1) is 0 Å². The number of halogens is 1. The van der Waals surface area contributed by atoms with Crippen LogP contribution < -0.4 is 4.90 Å². The Kier molecular flexibility index (Phi) is 6.91. The monoisotopic (exact) mass is 429 g/mol. The summed E-state index contributed by atoms with van der Waals surface area (Å²) in [5, 5.41) is 4.34. The predicted molar refractivity (Wildman–Crippen MR) is 123 cm³/mol. The first-order chi connectivity index (χ1) is 13.8. The van der Waals surface area contributed by atoms with E-state index in [2.05, 4.69) is 62.6 Å². The minimum Gasteiger partial charge on any atom is -0.346 e. The first kappa shape index (κ1) is 19.8. The number of aromatic nitrogens is 1. The summed E-state index contributed by atoms with van der Waals surface area (Å²) in [4.78, 5) is 9.40. The van der Waals surface area contributed by atoms with E-state index >= 15 is 0 Å². The van der Waals surface area contributed by atoms with Gasteiger partial charge in [0.05, 0.1) is 5.25 Å². The number of benzene rings is 2. The smallest absolute Gasteiger partial charge is 0.185 e. The molecule has 4 rings (SSSR count). The Labute approximate surface area is 180 Å². The van der Waals surface area contributed by atoms with E-state index in [0.29, 0.717) is 5.25 Å². The van der Waals surface area contributed by atoms with Crippen molar-refractivity contribution in [2.75, 3.05) is 43.4 Å². The number of hydrogen-bond donors (Lipinski definition) is 0. The summed E-state index contributed by atoms with van der Waals surface area (Å²) in [6.45, 7) is 5.47. The molecule has 0 amide bonds. The molecular weight excluding hydrogens is 406 g/mol. The van der Waals surface area contributed by atoms with Crippen molar-refractivity contribution in [3.05, 3.63) is 82.3 Å². The van der Waals surface area contributed by atoms with Crippen molar-refractivity contribution in [2.24, 2.45) is 0 Å². The third-order valence-corrected chi connectivity index (χ3v) is 7.41. The van der Waals surface area contributed by atoms with E-state index in [0.717, 1.165) is 48.6 Å². The highest BCUT2D eigenvalue weighted by molar-refractivity contribution is 7.99. The largest absolute Gasteiger partial charge is 0.346 e. The van der Waals surface area contributed by atoms with Gasteiger partial charge < -0.3 is 4.90 Å². The maximum Gasteiger partial charge on any atom is 0.185 e. The minimum absolute atomic E-state index is 0.343. The number of nitrogens with zero attached hydrogens (tertiary/aromatic N) is 3. The molecule has 3 aromatic rings. The Morgan fingerprint density at radius 1 is 0.964 bits per heavy atom. The lowest BCUT2D eigenvalue weighted by Gasteiger charge is -2.34. The van der Waals surface area contributed by atoms with Crippen molar-refractivity contribution < 1.29 is 0 Å². The lowest BCUT2D eigenvalue weighted by Crippen LogP contribution is -2.47. The first-order valence-corrected chi connectivity index (χ1v) is 11.9. The molecule has 1 saturated heterocycles. The molecule has 0 spiro atoms. The molecule has 1 unspecified atom stereocenters. The minimum atomic E-state index is 0.343. The van der Waals surface area contributed by atoms with Gasteiger partial charge in [-0.05, 0) is 23.3 Å². The number of rotatable bonds is 7. The highest BCUT2D eigenvalue weighted by Gasteiger charge is 2.20. The summed E-state index contributed by atoms with van der Waals surface area (Å²) >= 11 is 9.84. The van der Waals surface area contributed by atoms with Gasteiger partial charge in [-0.1, -0.05) is 54.1 Å². The number of thiazole rings is 1. The van der Waals surface area contributed by atoms with E-state index in [1.54, 1.807) is 11.3 Å². The van der Waals surface area contributed by atoms with E-state index in [1.165, 1.54) is 11.1 Å². The summed E-state index contributed by atoms with van der Waals surface area (Å²) in [7, 11) is 0. The zero-order valence-corrected chi connectivity index (χ0v) is 18.1. The molecule has 146 valence electrons. The van der Waals surface area contributed by atoms with E-state index < -0.39 is 0 Å². The van der Waals surface area contributed by atoms with Gasteiger partial charge in [0.1, 0.15) is 0 Å². The van der Waals surface area contributed by atoms with E-state index in [4.69, 9.17) is 11.6 Å². The second-order valence-electron chi connectivity index (χ2n) is 6.86. The molecule has 0 saturated carbocycles. The fourth-order valence-corrected chi connectivity index (χ4v) is 5.61. The molecule has 2 heterocycles. The summed E-state index contributed by atoms with van der Waals surface area (Å²) < 4.78 is 0. The Morgan fingerprint density at radius 2 is 1.68 bits per heavy atom. The molecule has 28 heavy (non-hydrogen) atoms. The number of anilines is 1. The Hall–Kier alpha value is -1.53. The lowest BCUT2D eigenvalue weighted by atomic mass is 10.0. The molecule has 2 aromatic carbocycles. The summed E-state index contributed by atoms with van der Waals surface area (Å²) in [6, 6.07) is 19.1. The van der Waals surface area contributed by atoms with Crippen LogP contribution in [0.3, 0.4) is 0 Å². The number of piperazine rings is 1. The van der Waals surface area contributed by atoms with Gasteiger partial charge in [-0.2, -0.15) is 0 Å². The standard InChI is InChI=1S/C22H24ClN3S2/c23-20-8-6-19(7-9-20)21(18-4-2-1-3-5-18)27-17-15-25-11-13-26(14-12-25)22-24-10-16-28-22/h1-10,16,21H,11-15,17H2. The van der Waals surface area contributed by atoms with Crippen molar-refractivity contribution >= 4 is 39.8 Å². The molecule has 6 heteroatoms. The van der Waals surface area contributed by atoms with Crippen molar-refractivity contribution in [3.63, 3.8) is 0 Å². The molecule has 0 radical (unpaired) electrons. The van der Waals surface area contributed by atoms with Crippen LogP contribution in [-0.2, 0) is 0 Å². The van der Waals surface area contributed by atoms with Crippen LogP contribution >= 0.6 is 34.7 Å². The Balaban J connectivity index is 1.33. The van der Waals surface area contributed by atoms with Crippen LogP contribution in [0.5, 0.6) is 0 Å². The topological polar surface area (TPSA) is 19.4 Å². The zero-order chi connectivity index (χ0) is 19.2.